The standard InChI is InChI=1S/C12H9Br2FN2O2S/c13-7-1-3-8(4-2-7)17-20(18,19)12-6-11(16)9(14)5-10(12)15/h1-6,17H,16H2. The van der Waals surface area contributed by atoms with E-state index in [4.69, 9.17) is 5.73 Å². The number of hydrogen-bond donors (Lipinski definition) is 2. The fourth-order valence-corrected chi connectivity index (χ4v) is 3.21. The highest BCUT2D eigenvalue weighted by Gasteiger charge is 2.20. The molecule has 0 saturated carbocycles. The molecule has 0 bridgehead atoms. The number of hydrogen-bond acceptors (Lipinski definition) is 3. The maximum Gasteiger partial charge on any atom is 0.264 e. The van der Waals surface area contributed by atoms with Gasteiger partial charge in [-0.05, 0) is 52.3 Å². The quantitative estimate of drug-likeness (QED) is 0.738. The normalized spacial score (nSPS) is 11.3. The first-order valence-electron chi connectivity index (χ1n) is 5.32. The van der Waals surface area contributed by atoms with Crippen molar-refractivity contribution >= 4 is 53.3 Å². The Kier molecular flexibility index (Phi) is 4.36. The number of anilines is 2. The van der Waals surface area contributed by atoms with Crippen LogP contribution >= 0.6 is 31.9 Å². The average molecular weight is 424 g/mol. The van der Waals surface area contributed by atoms with E-state index >= 15 is 0 Å². The van der Waals surface area contributed by atoms with Crippen LogP contribution in [0.1, 0.15) is 0 Å². The molecule has 106 valence electrons. The molecule has 0 aliphatic rings. The van der Waals surface area contributed by atoms with Crippen molar-refractivity contribution in [1.82, 2.24) is 0 Å². The highest BCUT2D eigenvalue weighted by Crippen LogP contribution is 2.27. The summed E-state index contributed by atoms with van der Waals surface area (Å²) >= 11 is 6.28. The first-order valence-corrected chi connectivity index (χ1v) is 8.39. The van der Waals surface area contributed by atoms with Gasteiger partial charge in [-0.25, -0.2) is 12.8 Å². The summed E-state index contributed by atoms with van der Waals surface area (Å²) in [5.41, 5.74) is 6.06. The molecule has 20 heavy (non-hydrogen) atoms. The minimum atomic E-state index is -4.04. The van der Waals surface area contributed by atoms with Crippen LogP contribution in [-0.2, 0) is 10.0 Å². The first kappa shape index (κ1) is 15.3. The van der Waals surface area contributed by atoms with Gasteiger partial charge in [-0.15, -0.1) is 0 Å². The van der Waals surface area contributed by atoms with Gasteiger partial charge >= 0.3 is 0 Å². The molecule has 0 aliphatic carbocycles. The van der Waals surface area contributed by atoms with Crippen LogP contribution < -0.4 is 10.5 Å². The van der Waals surface area contributed by atoms with Gasteiger partial charge in [0.05, 0.1) is 0 Å². The molecule has 0 spiro atoms. The number of nitrogens with two attached hydrogens (primary N) is 1. The molecule has 0 heterocycles. The molecular formula is C12H9Br2FN2O2S. The second-order valence-corrected chi connectivity index (χ2v) is 7.34. The lowest BCUT2D eigenvalue weighted by Gasteiger charge is -2.10. The summed E-state index contributed by atoms with van der Waals surface area (Å²) in [5, 5.41) is 0. The number of benzene rings is 2. The van der Waals surface area contributed by atoms with E-state index in [9.17, 15) is 12.8 Å². The maximum absolute atomic E-state index is 13.8. The number of nitrogens with one attached hydrogen (secondary N) is 1. The fourth-order valence-electron chi connectivity index (χ4n) is 1.48. The molecule has 0 saturated heterocycles. The molecule has 0 amide bonds. The zero-order chi connectivity index (χ0) is 14.9. The summed E-state index contributed by atoms with van der Waals surface area (Å²) in [6, 6.07) is 8.55. The summed E-state index contributed by atoms with van der Waals surface area (Å²) in [7, 11) is -4.04. The Morgan fingerprint density at radius 3 is 2.30 bits per heavy atom. The molecule has 0 aromatic heterocycles. The molecule has 0 fully saturated rings. The van der Waals surface area contributed by atoms with Crippen LogP contribution in [0.5, 0.6) is 0 Å². The summed E-state index contributed by atoms with van der Waals surface area (Å²) in [5.74, 6) is -0.879. The van der Waals surface area contributed by atoms with E-state index in [1.807, 2.05) is 0 Å². The van der Waals surface area contributed by atoms with Gasteiger partial charge in [0.25, 0.3) is 10.0 Å². The Bertz CT molecular complexity index is 749. The third-order valence-corrected chi connectivity index (χ3v) is 5.05. The molecule has 2 rings (SSSR count). The minimum absolute atomic E-state index is 0.141. The van der Waals surface area contributed by atoms with E-state index in [1.54, 1.807) is 24.3 Å². The van der Waals surface area contributed by atoms with Crippen molar-refractivity contribution in [3.8, 4) is 0 Å². The summed E-state index contributed by atoms with van der Waals surface area (Å²) in [4.78, 5) is -0.499. The van der Waals surface area contributed by atoms with Crippen LogP contribution in [0, 0.1) is 5.82 Å². The maximum atomic E-state index is 13.8. The van der Waals surface area contributed by atoms with Gasteiger partial charge in [-0.3, -0.25) is 4.72 Å². The van der Waals surface area contributed by atoms with Crippen LogP contribution in [0.4, 0.5) is 15.8 Å². The Hall–Kier alpha value is -1.12. The van der Waals surface area contributed by atoms with Gasteiger partial charge in [-0.1, -0.05) is 15.9 Å². The monoisotopic (exact) mass is 422 g/mol. The molecular weight excluding hydrogens is 415 g/mol. The summed E-state index contributed by atoms with van der Waals surface area (Å²) in [6.45, 7) is 0. The van der Waals surface area contributed by atoms with E-state index in [2.05, 4.69) is 36.6 Å². The Morgan fingerprint density at radius 2 is 1.70 bits per heavy atom. The lowest BCUT2D eigenvalue weighted by molar-refractivity contribution is 0.570. The molecule has 2 aromatic rings. The lowest BCUT2D eigenvalue weighted by Crippen LogP contribution is -2.15. The van der Waals surface area contributed by atoms with E-state index in [0.29, 0.717) is 10.2 Å². The predicted octanol–water partition coefficient (Wildman–Crippen LogP) is 3.73. The van der Waals surface area contributed by atoms with Gasteiger partial charge in [0, 0.05) is 20.3 Å². The SMILES string of the molecule is Nc1cc(S(=O)(=O)Nc2ccc(Br)cc2)c(F)cc1Br. The van der Waals surface area contributed by atoms with Crippen molar-refractivity contribution in [1.29, 1.82) is 0 Å². The van der Waals surface area contributed by atoms with Gasteiger partial charge in [-0.2, -0.15) is 0 Å². The number of sulfonamides is 1. The molecule has 4 nitrogen and oxygen atoms in total. The molecule has 8 heteroatoms. The number of rotatable bonds is 3. The summed E-state index contributed by atoms with van der Waals surface area (Å²) in [6.07, 6.45) is 0. The van der Waals surface area contributed by atoms with Crippen molar-refractivity contribution < 1.29 is 12.8 Å². The van der Waals surface area contributed by atoms with E-state index < -0.39 is 20.7 Å². The molecule has 0 radical (unpaired) electrons. The van der Waals surface area contributed by atoms with Gasteiger partial charge in [0.2, 0.25) is 0 Å². The summed E-state index contributed by atoms with van der Waals surface area (Å²) < 4.78 is 41.5. The van der Waals surface area contributed by atoms with Crippen molar-refractivity contribution in [2.75, 3.05) is 10.5 Å². The van der Waals surface area contributed by atoms with Crippen LogP contribution in [-0.4, -0.2) is 8.42 Å². The smallest absolute Gasteiger partial charge is 0.264 e. The van der Waals surface area contributed by atoms with Gasteiger partial charge in [0.15, 0.2) is 0 Å². The van der Waals surface area contributed by atoms with Gasteiger partial charge in [0.1, 0.15) is 10.7 Å². The third kappa shape index (κ3) is 3.31. The third-order valence-electron chi connectivity index (χ3n) is 2.44. The Labute approximate surface area is 132 Å². The first-order chi connectivity index (χ1) is 9.29. The molecule has 0 unspecified atom stereocenters. The van der Waals surface area contributed by atoms with Gasteiger partial charge < -0.3 is 5.73 Å². The zero-order valence-corrected chi connectivity index (χ0v) is 13.9. The Balaban J connectivity index is 2.40. The van der Waals surface area contributed by atoms with E-state index in [-0.39, 0.29) is 5.69 Å². The highest BCUT2D eigenvalue weighted by atomic mass is 79.9. The second kappa shape index (κ2) is 5.71. The highest BCUT2D eigenvalue weighted by molar-refractivity contribution is 9.10. The van der Waals surface area contributed by atoms with Crippen LogP contribution in [0.3, 0.4) is 0 Å². The number of halogens is 3. The molecule has 0 aliphatic heterocycles. The molecule has 2 aromatic carbocycles. The zero-order valence-electron chi connectivity index (χ0n) is 9.90. The van der Waals surface area contributed by atoms with Crippen molar-refractivity contribution in [2.45, 2.75) is 4.90 Å². The van der Waals surface area contributed by atoms with Crippen molar-refractivity contribution in [3.63, 3.8) is 0 Å². The van der Waals surface area contributed by atoms with Crippen molar-refractivity contribution in [3.05, 3.63) is 51.2 Å². The topological polar surface area (TPSA) is 72.2 Å². The average Bonchev–Trinajstić information content (AvgIpc) is 2.36. The lowest BCUT2D eigenvalue weighted by atomic mass is 10.3. The molecule has 3 N–H and O–H groups in total. The molecule has 0 atom stereocenters. The largest absolute Gasteiger partial charge is 0.398 e. The van der Waals surface area contributed by atoms with E-state index in [0.717, 1.165) is 16.6 Å². The van der Waals surface area contributed by atoms with Crippen LogP contribution in [0.15, 0.2) is 50.2 Å². The second-order valence-electron chi connectivity index (χ2n) is 3.92. The number of nitrogen functional groups attached to an aromatic ring is 1. The van der Waals surface area contributed by atoms with E-state index in [1.165, 1.54) is 0 Å². The van der Waals surface area contributed by atoms with Crippen molar-refractivity contribution in [2.24, 2.45) is 0 Å². The Morgan fingerprint density at radius 1 is 1.10 bits per heavy atom. The van der Waals surface area contributed by atoms with Crippen LogP contribution in [0.25, 0.3) is 0 Å². The minimum Gasteiger partial charge on any atom is -0.398 e. The predicted molar refractivity (Wildman–Crippen MR) is 83.5 cm³/mol. The fraction of sp³-hybridized carbons (Fsp3) is 0. The van der Waals surface area contributed by atoms with Crippen LogP contribution in [0.2, 0.25) is 0 Å².